The van der Waals surface area contributed by atoms with Crippen LogP contribution < -0.4 is 0 Å². The number of ether oxygens (including phenoxy) is 3. The average molecular weight is 669 g/mol. The number of esters is 3. The van der Waals surface area contributed by atoms with Crippen molar-refractivity contribution in [3.8, 4) is 0 Å². The van der Waals surface area contributed by atoms with Crippen LogP contribution in [-0.2, 0) is 28.6 Å². The lowest BCUT2D eigenvalue weighted by molar-refractivity contribution is -0.166. The average Bonchev–Trinajstić information content (AvgIpc) is 3.08. The minimum Gasteiger partial charge on any atom is -0.462 e. The largest absolute Gasteiger partial charge is 0.462 e. The first-order valence-electron chi connectivity index (χ1n) is 18.9. The van der Waals surface area contributed by atoms with Gasteiger partial charge in [0.1, 0.15) is 13.2 Å². The summed E-state index contributed by atoms with van der Waals surface area (Å²) in [7, 11) is 0. The minimum absolute atomic E-state index is 0.127. The van der Waals surface area contributed by atoms with E-state index in [-0.39, 0.29) is 38.0 Å². The van der Waals surface area contributed by atoms with Gasteiger partial charge in [-0.1, -0.05) is 151 Å². The molecule has 0 N–H and O–H groups in total. The quantitative estimate of drug-likeness (QED) is 0.0307. The molecule has 6 nitrogen and oxygen atoms in total. The van der Waals surface area contributed by atoms with Gasteiger partial charge in [-0.15, -0.1) is 0 Å². The van der Waals surface area contributed by atoms with Crippen molar-refractivity contribution in [1.29, 1.82) is 0 Å². The van der Waals surface area contributed by atoms with E-state index in [1.165, 1.54) is 44.9 Å². The molecule has 1 unspecified atom stereocenters. The smallest absolute Gasteiger partial charge is 0.309 e. The highest BCUT2D eigenvalue weighted by molar-refractivity contribution is 5.72. The van der Waals surface area contributed by atoms with Gasteiger partial charge in [0, 0.05) is 12.8 Å². The molecule has 0 spiro atoms. The van der Waals surface area contributed by atoms with Crippen molar-refractivity contribution in [2.45, 2.75) is 162 Å². The molecule has 0 saturated carbocycles. The first-order chi connectivity index (χ1) is 23.5. The maximum atomic E-state index is 12.6. The fourth-order valence-corrected chi connectivity index (χ4v) is 4.70. The summed E-state index contributed by atoms with van der Waals surface area (Å²) < 4.78 is 16.4. The molecule has 0 rings (SSSR count). The Morgan fingerprint density at radius 2 is 0.896 bits per heavy atom. The van der Waals surface area contributed by atoms with Gasteiger partial charge >= 0.3 is 17.9 Å². The lowest BCUT2D eigenvalue weighted by Crippen LogP contribution is -2.30. The van der Waals surface area contributed by atoms with E-state index >= 15 is 0 Å². The summed E-state index contributed by atoms with van der Waals surface area (Å²) in [5.41, 5.74) is 0. The molecule has 0 bridgehead atoms. The van der Waals surface area contributed by atoms with Crippen LogP contribution in [0.4, 0.5) is 0 Å². The first-order valence-corrected chi connectivity index (χ1v) is 18.9. The number of rotatable bonds is 32. The highest BCUT2D eigenvalue weighted by Gasteiger charge is 2.19. The van der Waals surface area contributed by atoms with E-state index < -0.39 is 12.1 Å². The third-order valence-corrected chi connectivity index (χ3v) is 7.49. The fourth-order valence-electron chi connectivity index (χ4n) is 4.70. The van der Waals surface area contributed by atoms with E-state index in [1.54, 1.807) is 6.08 Å². The highest BCUT2D eigenvalue weighted by atomic mass is 16.6. The normalized spacial score (nSPS) is 12.8. The van der Waals surface area contributed by atoms with Crippen molar-refractivity contribution in [3.05, 3.63) is 72.9 Å². The minimum atomic E-state index is -0.824. The number of unbranched alkanes of at least 4 members (excludes halogenated alkanes) is 10. The second kappa shape index (κ2) is 36.7. The lowest BCUT2D eigenvalue weighted by atomic mass is 10.1. The van der Waals surface area contributed by atoms with Crippen LogP contribution in [0.1, 0.15) is 156 Å². The van der Waals surface area contributed by atoms with Crippen molar-refractivity contribution in [3.63, 3.8) is 0 Å². The third kappa shape index (κ3) is 34.2. The number of hydrogen-bond donors (Lipinski definition) is 0. The van der Waals surface area contributed by atoms with Crippen LogP contribution in [-0.4, -0.2) is 37.2 Å². The van der Waals surface area contributed by atoms with Gasteiger partial charge in [-0.25, -0.2) is 0 Å². The molecule has 0 fully saturated rings. The van der Waals surface area contributed by atoms with Crippen LogP contribution in [0.15, 0.2) is 72.9 Å². The number of carbonyl (C=O) groups excluding carboxylic acids is 3. The Morgan fingerprint density at radius 3 is 1.44 bits per heavy atom. The molecule has 6 heteroatoms. The van der Waals surface area contributed by atoms with Crippen LogP contribution in [0.2, 0.25) is 0 Å². The van der Waals surface area contributed by atoms with E-state index in [0.29, 0.717) is 12.8 Å². The number of hydrogen-bond acceptors (Lipinski definition) is 6. The van der Waals surface area contributed by atoms with E-state index in [9.17, 15) is 14.4 Å². The number of allylic oxidation sites excluding steroid dienone is 11. The SMILES string of the molecule is CC/C=C\C/C=C\C/C=C\CCCC(=O)OCC(COC(=O)C/C=C\C/C=C\C/C=C\CC)OC(=O)CCCCCCCCCCCC. The predicted molar refractivity (Wildman–Crippen MR) is 201 cm³/mol. The Labute approximate surface area is 293 Å². The van der Waals surface area contributed by atoms with Crippen molar-refractivity contribution in [1.82, 2.24) is 0 Å². The van der Waals surface area contributed by atoms with Crippen LogP contribution in [0.5, 0.6) is 0 Å². The highest BCUT2D eigenvalue weighted by Crippen LogP contribution is 2.12. The Kier molecular flexibility index (Phi) is 34.3. The molecule has 0 aliphatic heterocycles. The Hall–Kier alpha value is -3.15. The molecule has 0 saturated heterocycles. The van der Waals surface area contributed by atoms with Gasteiger partial charge in [-0.3, -0.25) is 14.4 Å². The summed E-state index contributed by atoms with van der Waals surface area (Å²) in [6.45, 7) is 6.19. The Morgan fingerprint density at radius 1 is 0.458 bits per heavy atom. The van der Waals surface area contributed by atoms with Gasteiger partial charge in [-0.05, 0) is 57.8 Å². The van der Waals surface area contributed by atoms with E-state index in [4.69, 9.17) is 14.2 Å². The zero-order chi connectivity index (χ0) is 35.2. The van der Waals surface area contributed by atoms with Gasteiger partial charge in [0.25, 0.3) is 0 Å². The maximum Gasteiger partial charge on any atom is 0.309 e. The summed E-state index contributed by atoms with van der Waals surface area (Å²) in [6, 6.07) is 0. The molecule has 272 valence electrons. The molecule has 1 atom stereocenters. The van der Waals surface area contributed by atoms with E-state index in [2.05, 4.69) is 81.5 Å². The standard InChI is InChI=1S/C42H68O6/c1-4-7-10-13-16-19-21-24-26-29-32-35-41(44)47-38-39(37-46-40(43)34-31-28-25-22-18-15-12-9-6-3)48-42(45)36-33-30-27-23-20-17-14-11-8-5-2/h7,9-10,12,16,18-19,22,24,26,28,31,39H,4-6,8,11,13-15,17,20-21,23,25,27,29-30,32-38H2,1-3H3/b10-7-,12-9-,19-16-,22-18-,26-24-,31-28-. The summed E-state index contributed by atoms with van der Waals surface area (Å²) in [4.78, 5) is 37.3. The van der Waals surface area contributed by atoms with Gasteiger partial charge in [0.15, 0.2) is 6.10 Å². The summed E-state index contributed by atoms with van der Waals surface area (Å²) >= 11 is 0. The zero-order valence-corrected chi connectivity index (χ0v) is 30.7. The van der Waals surface area contributed by atoms with Crippen molar-refractivity contribution in [2.24, 2.45) is 0 Å². The molecule has 0 radical (unpaired) electrons. The zero-order valence-electron chi connectivity index (χ0n) is 30.7. The second-order valence-electron chi connectivity index (χ2n) is 12.1. The van der Waals surface area contributed by atoms with Crippen LogP contribution >= 0.6 is 0 Å². The molecule has 0 aromatic carbocycles. The molecule has 0 aromatic heterocycles. The third-order valence-electron chi connectivity index (χ3n) is 7.49. The Bertz CT molecular complexity index is 955. The van der Waals surface area contributed by atoms with Gasteiger partial charge in [0.2, 0.25) is 0 Å². The monoisotopic (exact) mass is 669 g/mol. The van der Waals surface area contributed by atoms with Crippen molar-refractivity contribution in [2.75, 3.05) is 13.2 Å². The van der Waals surface area contributed by atoms with Crippen LogP contribution in [0.25, 0.3) is 0 Å². The van der Waals surface area contributed by atoms with Crippen molar-refractivity contribution >= 4 is 17.9 Å². The fraction of sp³-hybridized carbons (Fsp3) is 0.643. The van der Waals surface area contributed by atoms with Gasteiger partial charge in [-0.2, -0.15) is 0 Å². The molecular formula is C42H68O6. The van der Waals surface area contributed by atoms with Gasteiger partial charge in [0.05, 0.1) is 6.42 Å². The first kappa shape index (κ1) is 44.9. The lowest BCUT2D eigenvalue weighted by Gasteiger charge is -2.18. The van der Waals surface area contributed by atoms with E-state index in [1.807, 2.05) is 6.08 Å². The summed E-state index contributed by atoms with van der Waals surface area (Å²) in [6.07, 6.45) is 43.6. The van der Waals surface area contributed by atoms with Gasteiger partial charge < -0.3 is 14.2 Å². The molecule has 0 aliphatic carbocycles. The topological polar surface area (TPSA) is 78.9 Å². The van der Waals surface area contributed by atoms with Crippen LogP contribution in [0.3, 0.4) is 0 Å². The Balaban J connectivity index is 4.56. The molecule has 0 amide bonds. The second-order valence-corrected chi connectivity index (χ2v) is 12.1. The van der Waals surface area contributed by atoms with Crippen LogP contribution in [0, 0.1) is 0 Å². The molecular weight excluding hydrogens is 600 g/mol. The molecule has 0 heterocycles. The molecule has 0 aromatic rings. The predicted octanol–water partition coefficient (Wildman–Crippen LogP) is 11.6. The molecule has 48 heavy (non-hydrogen) atoms. The summed E-state index contributed by atoms with van der Waals surface area (Å²) in [5.74, 6) is -1.12. The molecule has 0 aliphatic rings. The number of carbonyl (C=O) groups is 3. The summed E-state index contributed by atoms with van der Waals surface area (Å²) in [5, 5.41) is 0. The van der Waals surface area contributed by atoms with Crippen molar-refractivity contribution < 1.29 is 28.6 Å². The maximum absolute atomic E-state index is 12.6. The van der Waals surface area contributed by atoms with E-state index in [0.717, 1.165) is 64.2 Å².